The summed E-state index contributed by atoms with van der Waals surface area (Å²) in [7, 11) is 0. The smallest absolute Gasteiger partial charge is 0.270 e. The molecule has 0 aromatic heterocycles. The third-order valence-corrected chi connectivity index (χ3v) is 3.54. The van der Waals surface area contributed by atoms with Crippen molar-refractivity contribution in [1.82, 2.24) is 5.43 Å². The van der Waals surface area contributed by atoms with E-state index in [1.807, 2.05) is 6.92 Å². The van der Waals surface area contributed by atoms with Crippen molar-refractivity contribution in [3.8, 4) is 11.5 Å². The summed E-state index contributed by atoms with van der Waals surface area (Å²) in [6, 6.07) is 10.1. The monoisotopic (exact) mass is 372 g/mol. The number of carbonyl (C=O) groups excluding carboxylic acids is 1. The van der Waals surface area contributed by atoms with E-state index >= 15 is 0 Å². The maximum atomic E-state index is 12.1. The second kappa shape index (κ2) is 9.18. The summed E-state index contributed by atoms with van der Waals surface area (Å²) in [6.45, 7) is 4.13. The zero-order valence-corrected chi connectivity index (χ0v) is 14.9. The van der Waals surface area contributed by atoms with Gasteiger partial charge in [-0.15, -0.1) is 0 Å². The van der Waals surface area contributed by atoms with Gasteiger partial charge in [-0.3, -0.25) is 14.9 Å². The SMILES string of the molecule is CCOc1ccc(NC(C)C(=O)N/N=C/c2cc([N+](=O)[O-])ccc2O)cc1. The molecule has 0 aliphatic rings. The summed E-state index contributed by atoms with van der Waals surface area (Å²) in [5.41, 5.74) is 2.99. The minimum Gasteiger partial charge on any atom is -0.507 e. The van der Waals surface area contributed by atoms with Gasteiger partial charge in [0.05, 0.1) is 17.7 Å². The third kappa shape index (κ3) is 5.70. The molecule has 3 N–H and O–H groups in total. The van der Waals surface area contributed by atoms with E-state index in [2.05, 4.69) is 15.8 Å². The van der Waals surface area contributed by atoms with E-state index in [0.717, 1.165) is 23.7 Å². The number of anilines is 1. The normalized spacial score (nSPS) is 11.8. The van der Waals surface area contributed by atoms with Crippen LogP contribution >= 0.6 is 0 Å². The molecule has 0 aliphatic heterocycles. The molecule has 2 aromatic rings. The highest BCUT2D eigenvalue weighted by Gasteiger charge is 2.12. The Labute approximate surface area is 155 Å². The molecule has 0 fully saturated rings. The van der Waals surface area contributed by atoms with Crippen molar-refractivity contribution in [1.29, 1.82) is 0 Å². The number of benzene rings is 2. The van der Waals surface area contributed by atoms with Gasteiger partial charge in [0.1, 0.15) is 17.5 Å². The van der Waals surface area contributed by atoms with E-state index in [0.29, 0.717) is 6.61 Å². The molecule has 1 atom stereocenters. The van der Waals surface area contributed by atoms with Crippen LogP contribution in [0.3, 0.4) is 0 Å². The molecule has 0 heterocycles. The van der Waals surface area contributed by atoms with Crippen LogP contribution in [-0.2, 0) is 4.79 Å². The second-order valence-electron chi connectivity index (χ2n) is 5.56. The molecule has 0 saturated carbocycles. The Hall–Kier alpha value is -3.62. The van der Waals surface area contributed by atoms with Gasteiger partial charge in [0.15, 0.2) is 0 Å². The highest BCUT2D eigenvalue weighted by Crippen LogP contribution is 2.21. The highest BCUT2D eigenvalue weighted by molar-refractivity contribution is 5.88. The van der Waals surface area contributed by atoms with Crippen molar-refractivity contribution in [2.45, 2.75) is 19.9 Å². The van der Waals surface area contributed by atoms with Gasteiger partial charge in [-0.25, -0.2) is 5.43 Å². The van der Waals surface area contributed by atoms with Crippen LogP contribution in [-0.4, -0.2) is 34.8 Å². The first kappa shape index (κ1) is 19.7. The number of hydrazone groups is 1. The number of phenols is 1. The van der Waals surface area contributed by atoms with E-state index in [4.69, 9.17) is 4.74 Å². The molecule has 9 nitrogen and oxygen atoms in total. The molecule has 142 valence electrons. The molecule has 9 heteroatoms. The van der Waals surface area contributed by atoms with E-state index in [1.165, 1.54) is 12.1 Å². The van der Waals surface area contributed by atoms with E-state index in [9.17, 15) is 20.0 Å². The van der Waals surface area contributed by atoms with Crippen LogP contribution in [0.2, 0.25) is 0 Å². The molecule has 1 amide bonds. The number of phenolic OH excluding ortho intramolecular Hbond substituents is 1. The summed E-state index contributed by atoms with van der Waals surface area (Å²) in [5.74, 6) is 0.144. The highest BCUT2D eigenvalue weighted by atomic mass is 16.6. The van der Waals surface area contributed by atoms with E-state index < -0.39 is 16.9 Å². The third-order valence-electron chi connectivity index (χ3n) is 3.54. The molecule has 27 heavy (non-hydrogen) atoms. The maximum Gasteiger partial charge on any atom is 0.270 e. The lowest BCUT2D eigenvalue weighted by Crippen LogP contribution is -2.34. The number of carbonyl (C=O) groups is 1. The number of amides is 1. The lowest BCUT2D eigenvalue weighted by Gasteiger charge is -2.14. The fourth-order valence-corrected chi connectivity index (χ4v) is 2.15. The van der Waals surface area contributed by atoms with Crippen LogP contribution in [0.25, 0.3) is 0 Å². The van der Waals surface area contributed by atoms with Crippen molar-refractivity contribution in [3.63, 3.8) is 0 Å². The van der Waals surface area contributed by atoms with Gasteiger partial charge >= 0.3 is 0 Å². The Morgan fingerprint density at radius 2 is 2.04 bits per heavy atom. The Morgan fingerprint density at radius 1 is 1.33 bits per heavy atom. The summed E-state index contributed by atoms with van der Waals surface area (Å²) < 4.78 is 5.35. The lowest BCUT2D eigenvalue weighted by molar-refractivity contribution is -0.384. The molecule has 0 aliphatic carbocycles. The summed E-state index contributed by atoms with van der Waals surface area (Å²) >= 11 is 0. The van der Waals surface area contributed by atoms with Gasteiger partial charge in [-0.2, -0.15) is 5.10 Å². The quantitative estimate of drug-likeness (QED) is 0.371. The number of nitrogens with one attached hydrogen (secondary N) is 2. The first-order valence-electron chi connectivity index (χ1n) is 8.20. The molecule has 0 bridgehead atoms. The number of non-ortho nitro benzene ring substituents is 1. The fraction of sp³-hybridized carbons (Fsp3) is 0.222. The van der Waals surface area contributed by atoms with E-state index in [-0.39, 0.29) is 17.0 Å². The van der Waals surface area contributed by atoms with Crippen molar-refractivity contribution in [2.24, 2.45) is 5.10 Å². The Morgan fingerprint density at radius 3 is 2.67 bits per heavy atom. The van der Waals surface area contributed by atoms with Gasteiger partial charge in [0, 0.05) is 23.4 Å². The number of nitro groups is 1. The standard InChI is InChI=1S/C18H20N4O5/c1-3-27-16-7-4-14(5-8-16)20-12(2)18(24)21-19-11-13-10-15(22(25)26)6-9-17(13)23/h4-12,20,23H,3H2,1-2H3,(H,21,24)/b19-11+. The topological polar surface area (TPSA) is 126 Å². The van der Waals surface area contributed by atoms with Crippen LogP contribution in [0.4, 0.5) is 11.4 Å². The second-order valence-corrected chi connectivity index (χ2v) is 5.56. The number of aromatic hydroxyl groups is 1. The molecule has 1 unspecified atom stereocenters. The molecule has 0 saturated heterocycles. The molecular formula is C18H20N4O5. The van der Waals surface area contributed by atoms with Gasteiger partial charge in [-0.05, 0) is 44.2 Å². The number of nitro benzene ring substituents is 1. The minimum atomic E-state index is -0.585. The Kier molecular flexibility index (Phi) is 6.70. The molecule has 2 rings (SSSR count). The van der Waals surface area contributed by atoms with Crippen LogP contribution in [0.5, 0.6) is 11.5 Å². The fourth-order valence-electron chi connectivity index (χ4n) is 2.15. The number of hydrogen-bond acceptors (Lipinski definition) is 7. The van der Waals surface area contributed by atoms with Crippen molar-refractivity contribution in [3.05, 3.63) is 58.1 Å². The summed E-state index contributed by atoms with van der Waals surface area (Å²) in [5, 5.41) is 27.2. The average molecular weight is 372 g/mol. The predicted molar refractivity (Wildman–Crippen MR) is 101 cm³/mol. The van der Waals surface area contributed by atoms with Crippen LogP contribution in [0.15, 0.2) is 47.6 Å². The first-order chi connectivity index (χ1) is 12.9. The largest absolute Gasteiger partial charge is 0.507 e. The molecule has 0 radical (unpaired) electrons. The van der Waals surface area contributed by atoms with Gasteiger partial charge in [0.25, 0.3) is 11.6 Å². The van der Waals surface area contributed by atoms with Crippen LogP contribution in [0, 0.1) is 10.1 Å². The van der Waals surface area contributed by atoms with Crippen molar-refractivity contribution < 1.29 is 19.6 Å². The molecule has 2 aromatic carbocycles. The number of ether oxygens (including phenoxy) is 1. The predicted octanol–water partition coefficient (Wildman–Crippen LogP) is 2.65. The number of hydrogen-bond donors (Lipinski definition) is 3. The Balaban J connectivity index is 1.93. The molecular weight excluding hydrogens is 352 g/mol. The summed E-state index contributed by atoms with van der Waals surface area (Å²) in [4.78, 5) is 22.3. The molecule has 0 spiro atoms. The van der Waals surface area contributed by atoms with Gasteiger partial charge in [-0.1, -0.05) is 0 Å². The number of nitrogens with zero attached hydrogens (tertiary/aromatic N) is 2. The zero-order chi connectivity index (χ0) is 19.8. The Bertz CT molecular complexity index is 836. The van der Waals surface area contributed by atoms with Gasteiger partial charge < -0.3 is 15.2 Å². The number of rotatable bonds is 8. The summed E-state index contributed by atoms with van der Waals surface area (Å²) in [6.07, 6.45) is 1.14. The van der Waals surface area contributed by atoms with Gasteiger partial charge in [0.2, 0.25) is 0 Å². The van der Waals surface area contributed by atoms with E-state index in [1.54, 1.807) is 31.2 Å². The lowest BCUT2D eigenvalue weighted by atomic mass is 10.2. The first-order valence-corrected chi connectivity index (χ1v) is 8.20. The van der Waals surface area contributed by atoms with Crippen LogP contribution < -0.4 is 15.5 Å². The zero-order valence-electron chi connectivity index (χ0n) is 14.9. The van der Waals surface area contributed by atoms with Crippen molar-refractivity contribution >= 4 is 23.5 Å². The average Bonchev–Trinajstić information content (AvgIpc) is 2.64. The maximum absolute atomic E-state index is 12.1. The van der Waals surface area contributed by atoms with Crippen LogP contribution in [0.1, 0.15) is 19.4 Å². The van der Waals surface area contributed by atoms with Crippen molar-refractivity contribution in [2.75, 3.05) is 11.9 Å². The minimum absolute atomic E-state index is 0.122.